The van der Waals surface area contributed by atoms with E-state index in [0.29, 0.717) is 10.8 Å². The molecule has 1 N–H and O–H groups in total. The van der Waals surface area contributed by atoms with Crippen molar-refractivity contribution < 1.29 is 9.90 Å². The molecule has 2 aromatic rings. The first-order valence-electron chi connectivity index (χ1n) is 9.29. The number of benzene rings is 2. The van der Waals surface area contributed by atoms with Crippen molar-refractivity contribution in [3.8, 4) is 0 Å². The van der Waals surface area contributed by atoms with Crippen LogP contribution in [0.5, 0.6) is 0 Å². The molecule has 27 heavy (non-hydrogen) atoms. The maximum absolute atomic E-state index is 11.0. The van der Waals surface area contributed by atoms with Crippen LogP contribution in [0.1, 0.15) is 66.7 Å². The van der Waals surface area contributed by atoms with Crippen LogP contribution in [-0.2, 0) is 5.41 Å². The summed E-state index contributed by atoms with van der Waals surface area (Å²) >= 11 is 1.93. The number of thioether (sulfide) groups is 1. The molecular formula is C24H26O2S. The van der Waals surface area contributed by atoms with Crippen LogP contribution in [0, 0.1) is 0 Å². The predicted molar refractivity (Wildman–Crippen MR) is 117 cm³/mol. The molecule has 1 aliphatic carbocycles. The van der Waals surface area contributed by atoms with Crippen molar-refractivity contribution in [2.24, 2.45) is 0 Å². The van der Waals surface area contributed by atoms with Gasteiger partial charge in [0.2, 0.25) is 0 Å². The summed E-state index contributed by atoms with van der Waals surface area (Å²) in [6, 6.07) is 13.7. The average Bonchev–Trinajstić information content (AvgIpc) is 2.62. The molecule has 0 amide bonds. The van der Waals surface area contributed by atoms with Crippen LogP contribution in [-0.4, -0.2) is 16.3 Å². The molecule has 0 aliphatic heterocycles. The molecule has 0 saturated heterocycles. The highest BCUT2D eigenvalue weighted by atomic mass is 32.2. The lowest BCUT2D eigenvalue weighted by atomic mass is 9.75. The normalized spacial score (nSPS) is 15.7. The monoisotopic (exact) mass is 378 g/mol. The lowest BCUT2D eigenvalue weighted by molar-refractivity contribution is 0.0697. The van der Waals surface area contributed by atoms with Gasteiger partial charge in [0.15, 0.2) is 0 Å². The Morgan fingerprint density at radius 1 is 1.07 bits per heavy atom. The second-order valence-corrected chi connectivity index (χ2v) is 9.51. The summed E-state index contributed by atoms with van der Waals surface area (Å²) in [6.45, 7) is 9.07. The number of hydrogen-bond acceptors (Lipinski definition) is 2. The fourth-order valence-electron chi connectivity index (χ4n) is 3.32. The van der Waals surface area contributed by atoms with Crippen LogP contribution in [0.4, 0.5) is 0 Å². The van der Waals surface area contributed by atoms with Crippen molar-refractivity contribution in [2.45, 2.75) is 44.8 Å². The summed E-state index contributed by atoms with van der Waals surface area (Å²) in [5.41, 5.74) is 5.37. The van der Waals surface area contributed by atoms with E-state index in [9.17, 15) is 4.79 Å². The third-order valence-corrected chi connectivity index (χ3v) is 5.94. The largest absolute Gasteiger partial charge is 0.478 e. The Morgan fingerprint density at radius 2 is 1.70 bits per heavy atom. The fraction of sp³-hybridized carbons (Fsp3) is 0.292. The number of allylic oxidation sites excluding steroid dienone is 1. The van der Waals surface area contributed by atoms with Gasteiger partial charge in [-0.15, -0.1) is 11.8 Å². The molecule has 140 valence electrons. The maximum Gasteiger partial charge on any atom is 0.335 e. The van der Waals surface area contributed by atoms with Crippen molar-refractivity contribution in [2.75, 3.05) is 0 Å². The van der Waals surface area contributed by atoms with Crippen LogP contribution < -0.4 is 0 Å². The molecule has 3 rings (SSSR count). The molecule has 2 nitrogen and oxygen atoms in total. The van der Waals surface area contributed by atoms with Crippen LogP contribution in [0.15, 0.2) is 48.5 Å². The first-order chi connectivity index (χ1) is 12.8. The van der Waals surface area contributed by atoms with Gasteiger partial charge in [0.05, 0.1) is 5.56 Å². The summed E-state index contributed by atoms with van der Waals surface area (Å²) < 4.78 is 0. The van der Waals surface area contributed by atoms with Crippen molar-refractivity contribution in [1.82, 2.24) is 0 Å². The van der Waals surface area contributed by atoms with E-state index in [2.05, 4.69) is 58.0 Å². The van der Waals surface area contributed by atoms with Gasteiger partial charge in [-0.25, -0.2) is 4.79 Å². The molecule has 0 aromatic heterocycles. The minimum absolute atomic E-state index is 0.158. The molecule has 0 heterocycles. The smallest absolute Gasteiger partial charge is 0.335 e. The van der Waals surface area contributed by atoms with E-state index < -0.39 is 5.97 Å². The van der Waals surface area contributed by atoms with Gasteiger partial charge in [-0.2, -0.15) is 0 Å². The van der Waals surface area contributed by atoms with E-state index in [1.165, 1.54) is 16.0 Å². The molecule has 2 aromatic carbocycles. The van der Waals surface area contributed by atoms with Gasteiger partial charge in [-0.1, -0.05) is 70.2 Å². The minimum atomic E-state index is -0.898. The Morgan fingerprint density at radius 3 is 2.33 bits per heavy atom. The van der Waals surface area contributed by atoms with Crippen LogP contribution in [0.2, 0.25) is 0 Å². The molecular weight excluding hydrogens is 352 g/mol. The molecule has 0 fully saturated rings. The molecule has 3 heteroatoms. The van der Waals surface area contributed by atoms with Gasteiger partial charge in [-0.3, -0.25) is 0 Å². The third kappa shape index (κ3) is 4.54. The summed E-state index contributed by atoms with van der Waals surface area (Å²) in [5.74, 6) is -0.898. The highest BCUT2D eigenvalue weighted by molar-refractivity contribution is 8.08. The second-order valence-electron chi connectivity index (χ2n) is 7.89. The second kappa shape index (κ2) is 7.77. The SMILES string of the molecule is CC(C)SC1=CCC(C)(C)c2ccc(C=Cc3ccc(C(=O)O)cc3)cc21. The molecule has 0 bridgehead atoms. The van der Waals surface area contributed by atoms with Crippen molar-refractivity contribution in [1.29, 1.82) is 0 Å². The van der Waals surface area contributed by atoms with E-state index in [-0.39, 0.29) is 5.41 Å². The lowest BCUT2D eigenvalue weighted by Gasteiger charge is -2.32. The zero-order valence-corrected chi connectivity index (χ0v) is 17.1. The average molecular weight is 379 g/mol. The van der Waals surface area contributed by atoms with Crippen molar-refractivity contribution in [3.63, 3.8) is 0 Å². The summed E-state index contributed by atoms with van der Waals surface area (Å²) in [7, 11) is 0. The zero-order valence-electron chi connectivity index (χ0n) is 16.3. The Labute approximate surface area is 166 Å². The van der Waals surface area contributed by atoms with E-state index in [4.69, 9.17) is 5.11 Å². The molecule has 0 atom stereocenters. The first-order valence-corrected chi connectivity index (χ1v) is 10.2. The first kappa shape index (κ1) is 19.5. The quantitative estimate of drug-likeness (QED) is 0.587. The predicted octanol–water partition coefficient (Wildman–Crippen LogP) is 6.72. The maximum atomic E-state index is 11.0. The van der Waals surface area contributed by atoms with Crippen LogP contribution in [0.3, 0.4) is 0 Å². The van der Waals surface area contributed by atoms with Gasteiger partial charge in [0, 0.05) is 10.2 Å². The summed E-state index contributed by atoms with van der Waals surface area (Å²) in [6.07, 6.45) is 7.57. The number of carbonyl (C=O) groups is 1. The van der Waals surface area contributed by atoms with Gasteiger partial charge in [-0.05, 0) is 52.3 Å². The third-order valence-electron chi connectivity index (χ3n) is 4.82. The van der Waals surface area contributed by atoms with Gasteiger partial charge in [0.1, 0.15) is 0 Å². The Balaban J connectivity index is 1.90. The summed E-state index contributed by atoms with van der Waals surface area (Å²) in [5, 5.41) is 9.55. The van der Waals surface area contributed by atoms with E-state index >= 15 is 0 Å². The number of fused-ring (bicyclic) bond motifs is 1. The molecule has 0 unspecified atom stereocenters. The molecule has 0 saturated carbocycles. The zero-order chi connectivity index (χ0) is 19.6. The van der Waals surface area contributed by atoms with Crippen LogP contribution in [0.25, 0.3) is 17.1 Å². The number of rotatable bonds is 5. The van der Waals surface area contributed by atoms with E-state index in [1.807, 2.05) is 30.0 Å². The highest BCUT2D eigenvalue weighted by Gasteiger charge is 2.28. The molecule has 0 radical (unpaired) electrons. The lowest BCUT2D eigenvalue weighted by Crippen LogP contribution is -2.21. The van der Waals surface area contributed by atoms with Crippen molar-refractivity contribution >= 4 is 34.8 Å². The standard InChI is InChI=1S/C24H26O2S/c1-16(2)27-22-13-14-24(3,4)21-12-9-18(15-20(21)22)6-5-17-7-10-19(11-8-17)23(25)26/h5-13,15-16H,14H2,1-4H3,(H,25,26). The highest BCUT2D eigenvalue weighted by Crippen LogP contribution is 2.44. The Bertz CT molecular complexity index is 902. The van der Waals surface area contributed by atoms with Crippen molar-refractivity contribution in [3.05, 3.63) is 76.4 Å². The van der Waals surface area contributed by atoms with Gasteiger partial charge in [0.25, 0.3) is 0 Å². The number of aromatic carboxylic acids is 1. The minimum Gasteiger partial charge on any atom is -0.478 e. The Hall–Kier alpha value is -2.26. The summed E-state index contributed by atoms with van der Waals surface area (Å²) in [4.78, 5) is 12.3. The molecule has 1 aliphatic rings. The van der Waals surface area contributed by atoms with Gasteiger partial charge < -0.3 is 5.11 Å². The topological polar surface area (TPSA) is 37.3 Å². The fourth-order valence-corrected chi connectivity index (χ4v) is 4.31. The number of carboxylic acid groups (broad SMARTS) is 1. The number of hydrogen-bond donors (Lipinski definition) is 1. The van der Waals surface area contributed by atoms with Crippen LogP contribution >= 0.6 is 11.8 Å². The Kier molecular flexibility index (Phi) is 5.61. The van der Waals surface area contributed by atoms with E-state index in [1.54, 1.807) is 12.1 Å². The molecule has 0 spiro atoms. The van der Waals surface area contributed by atoms with E-state index in [0.717, 1.165) is 17.5 Å². The van der Waals surface area contributed by atoms with Gasteiger partial charge >= 0.3 is 5.97 Å². The number of carboxylic acids is 1.